The molecule has 0 saturated carbocycles. The van der Waals surface area contributed by atoms with Gasteiger partial charge >= 0.3 is 4.87 Å². The number of benzene rings is 2. The summed E-state index contributed by atoms with van der Waals surface area (Å²) in [5, 5.41) is 8.35. The zero-order valence-corrected chi connectivity index (χ0v) is 22.7. The van der Waals surface area contributed by atoms with Crippen molar-refractivity contribution in [3.05, 3.63) is 86.1 Å². The Morgan fingerprint density at radius 2 is 1.89 bits per heavy atom. The smallest absolute Gasteiger partial charge is 0.322 e. The van der Waals surface area contributed by atoms with Gasteiger partial charge in [-0.25, -0.2) is 5.10 Å². The van der Waals surface area contributed by atoms with Gasteiger partial charge in [-0.2, -0.15) is 5.10 Å². The van der Waals surface area contributed by atoms with Gasteiger partial charge in [0.1, 0.15) is 16.9 Å². The number of hydrogen-bond acceptors (Lipinski definition) is 7. The molecule has 0 spiro atoms. The highest BCUT2D eigenvalue weighted by atomic mass is 32.1. The standard InChI is InChI=1S/C19H18N2O2.C9H17N3OS/c1-12-11-17(16-5-3-4-6-18(16)21-12)13(2)23-15-9-7-14(8-10-15)19(20)22;1-3-6-12(2)7-4-5-8-10-11-9(13)14-8/h3-11,13H,1-2H3,(H2,20,22);3-7H2,1-2H3,(H,11,13). The van der Waals surface area contributed by atoms with Crippen LogP contribution in [0.3, 0.4) is 0 Å². The van der Waals surface area contributed by atoms with Crippen LogP contribution < -0.4 is 15.3 Å². The molecule has 3 N–H and O–H groups in total. The van der Waals surface area contributed by atoms with Gasteiger partial charge in [0, 0.05) is 28.6 Å². The van der Waals surface area contributed by atoms with Crippen molar-refractivity contribution in [1.29, 1.82) is 0 Å². The summed E-state index contributed by atoms with van der Waals surface area (Å²) in [6, 6.07) is 16.9. The number of primary amides is 1. The second-order valence-electron chi connectivity index (χ2n) is 8.93. The number of carbonyl (C=O) groups excluding carboxylic acids is 1. The average Bonchev–Trinajstić information content (AvgIpc) is 3.29. The second-order valence-corrected chi connectivity index (χ2v) is 9.98. The molecule has 37 heavy (non-hydrogen) atoms. The fourth-order valence-electron chi connectivity index (χ4n) is 4.00. The molecule has 2 aromatic carbocycles. The fourth-order valence-corrected chi connectivity index (χ4v) is 4.65. The third-order valence-corrected chi connectivity index (χ3v) is 6.59. The number of nitrogens with zero attached hydrogens (tertiary/aromatic N) is 3. The molecule has 0 fully saturated rings. The third-order valence-electron chi connectivity index (χ3n) is 5.78. The molecule has 4 rings (SSSR count). The summed E-state index contributed by atoms with van der Waals surface area (Å²) in [4.78, 5) is 28.7. The van der Waals surface area contributed by atoms with Crippen LogP contribution >= 0.6 is 11.3 Å². The molecule has 0 aliphatic rings. The molecule has 0 radical (unpaired) electrons. The fraction of sp³-hybridized carbons (Fsp3) is 0.357. The van der Waals surface area contributed by atoms with Gasteiger partial charge in [0.15, 0.2) is 0 Å². The molecule has 1 unspecified atom stereocenters. The molecule has 4 aromatic rings. The van der Waals surface area contributed by atoms with Crippen LogP contribution in [0.1, 0.15) is 59.4 Å². The summed E-state index contributed by atoms with van der Waals surface area (Å²) in [6.45, 7) is 8.36. The highest BCUT2D eigenvalue weighted by molar-refractivity contribution is 7.08. The first-order valence-corrected chi connectivity index (χ1v) is 13.2. The Kier molecular flexibility index (Phi) is 10.3. The molecule has 0 saturated heterocycles. The molecule has 196 valence electrons. The molecular weight excluding hydrogens is 486 g/mol. The topological polar surface area (TPSA) is 114 Å². The minimum Gasteiger partial charge on any atom is -0.486 e. The lowest BCUT2D eigenvalue weighted by Crippen LogP contribution is -2.20. The molecule has 9 heteroatoms. The number of carbonyl (C=O) groups is 1. The highest BCUT2D eigenvalue weighted by Gasteiger charge is 2.13. The number of H-pyrrole nitrogens is 1. The van der Waals surface area contributed by atoms with Crippen molar-refractivity contribution in [2.24, 2.45) is 5.73 Å². The van der Waals surface area contributed by atoms with E-state index >= 15 is 0 Å². The molecule has 2 heterocycles. The van der Waals surface area contributed by atoms with Gasteiger partial charge in [-0.1, -0.05) is 36.5 Å². The first-order valence-electron chi connectivity index (χ1n) is 12.4. The summed E-state index contributed by atoms with van der Waals surface area (Å²) in [5.41, 5.74) is 8.72. The number of aryl methyl sites for hydroxylation is 2. The van der Waals surface area contributed by atoms with Crippen LogP contribution in [0.5, 0.6) is 5.75 Å². The van der Waals surface area contributed by atoms with E-state index in [9.17, 15) is 9.59 Å². The van der Waals surface area contributed by atoms with Gasteiger partial charge in [-0.3, -0.25) is 14.6 Å². The molecule has 0 bridgehead atoms. The molecule has 2 aromatic heterocycles. The number of aromatic amines is 1. The zero-order valence-electron chi connectivity index (χ0n) is 21.9. The van der Waals surface area contributed by atoms with Gasteiger partial charge in [0.25, 0.3) is 0 Å². The van der Waals surface area contributed by atoms with Crippen LogP contribution in [0, 0.1) is 6.92 Å². The van der Waals surface area contributed by atoms with Crippen LogP contribution in [-0.4, -0.2) is 46.1 Å². The lowest BCUT2D eigenvalue weighted by Gasteiger charge is -2.17. The van der Waals surface area contributed by atoms with E-state index in [4.69, 9.17) is 10.5 Å². The van der Waals surface area contributed by atoms with Crippen LogP contribution in [0.15, 0.2) is 59.4 Å². The zero-order chi connectivity index (χ0) is 26.8. The molecule has 0 aliphatic heterocycles. The van der Waals surface area contributed by atoms with Crippen LogP contribution in [0.4, 0.5) is 0 Å². The van der Waals surface area contributed by atoms with Crippen LogP contribution in [-0.2, 0) is 6.42 Å². The van der Waals surface area contributed by atoms with Gasteiger partial charge in [0.05, 0.1) is 5.52 Å². The van der Waals surface area contributed by atoms with Crippen LogP contribution in [0.2, 0.25) is 0 Å². The summed E-state index contributed by atoms with van der Waals surface area (Å²) in [5.74, 6) is 0.251. The number of para-hydroxylation sites is 1. The average molecular weight is 522 g/mol. The van der Waals surface area contributed by atoms with E-state index in [2.05, 4.69) is 34.1 Å². The Bertz CT molecular complexity index is 1350. The first-order chi connectivity index (χ1) is 17.8. The quantitative estimate of drug-likeness (QED) is 0.307. The van der Waals surface area contributed by atoms with E-state index in [1.54, 1.807) is 24.3 Å². The number of aromatic nitrogens is 3. The van der Waals surface area contributed by atoms with Gasteiger partial charge in [-0.15, -0.1) is 0 Å². The minimum absolute atomic E-state index is 0.0538. The minimum atomic E-state index is -0.444. The Morgan fingerprint density at radius 3 is 2.54 bits per heavy atom. The maximum absolute atomic E-state index is 11.1. The number of nitrogens with one attached hydrogen (secondary N) is 1. The number of ether oxygens (including phenoxy) is 1. The predicted octanol–water partition coefficient (Wildman–Crippen LogP) is 4.89. The molecule has 1 atom stereocenters. The Labute approximate surface area is 221 Å². The lowest BCUT2D eigenvalue weighted by atomic mass is 10.0. The van der Waals surface area contributed by atoms with Crippen molar-refractivity contribution in [1.82, 2.24) is 20.1 Å². The predicted molar refractivity (Wildman–Crippen MR) is 149 cm³/mol. The molecule has 1 amide bonds. The van der Waals surface area contributed by atoms with E-state index in [0.717, 1.165) is 53.1 Å². The summed E-state index contributed by atoms with van der Waals surface area (Å²) in [6.07, 6.45) is 3.02. The maximum Gasteiger partial charge on any atom is 0.322 e. The van der Waals surface area contributed by atoms with E-state index in [1.165, 1.54) is 17.8 Å². The van der Waals surface area contributed by atoms with E-state index < -0.39 is 5.91 Å². The van der Waals surface area contributed by atoms with Crippen molar-refractivity contribution < 1.29 is 9.53 Å². The monoisotopic (exact) mass is 521 g/mol. The van der Waals surface area contributed by atoms with Gasteiger partial charge in [0.2, 0.25) is 5.91 Å². The summed E-state index contributed by atoms with van der Waals surface area (Å²) < 4.78 is 6.02. The molecular formula is C28H35N5O3S. The van der Waals surface area contributed by atoms with Crippen LogP contribution in [0.25, 0.3) is 10.9 Å². The molecule has 8 nitrogen and oxygen atoms in total. The maximum atomic E-state index is 11.1. The van der Waals surface area contributed by atoms with Crippen molar-refractivity contribution in [3.8, 4) is 5.75 Å². The second kappa shape index (κ2) is 13.7. The van der Waals surface area contributed by atoms with E-state index in [1.807, 2.05) is 44.2 Å². The van der Waals surface area contributed by atoms with E-state index in [-0.39, 0.29) is 11.0 Å². The van der Waals surface area contributed by atoms with Crippen molar-refractivity contribution in [2.75, 3.05) is 20.1 Å². The number of amides is 1. The lowest BCUT2D eigenvalue weighted by molar-refractivity contribution is 0.1000. The Balaban J connectivity index is 0.000000233. The van der Waals surface area contributed by atoms with E-state index in [0.29, 0.717) is 11.3 Å². The van der Waals surface area contributed by atoms with Crippen molar-refractivity contribution in [2.45, 2.75) is 46.1 Å². The normalized spacial score (nSPS) is 11.7. The Hall–Kier alpha value is -3.56. The van der Waals surface area contributed by atoms with Gasteiger partial charge < -0.3 is 15.4 Å². The summed E-state index contributed by atoms with van der Waals surface area (Å²) >= 11 is 1.21. The SMILES string of the molecule is CCCN(C)CCCc1n[nH]c(=O)s1.Cc1cc(C(C)Oc2ccc(C(N)=O)cc2)c2ccccc2n1. The largest absolute Gasteiger partial charge is 0.486 e. The van der Waals surface area contributed by atoms with Gasteiger partial charge in [-0.05, 0) is 83.2 Å². The third kappa shape index (κ3) is 8.51. The van der Waals surface area contributed by atoms with Crippen molar-refractivity contribution in [3.63, 3.8) is 0 Å². The number of fused-ring (bicyclic) bond motifs is 1. The molecule has 0 aliphatic carbocycles. The number of hydrogen-bond donors (Lipinski definition) is 2. The first kappa shape index (κ1) is 28.0. The summed E-state index contributed by atoms with van der Waals surface area (Å²) in [7, 11) is 2.12. The number of pyridine rings is 1. The highest BCUT2D eigenvalue weighted by Crippen LogP contribution is 2.28. The number of nitrogens with two attached hydrogens (primary N) is 1. The number of rotatable bonds is 10. The van der Waals surface area contributed by atoms with Crippen molar-refractivity contribution >= 4 is 28.1 Å². The Morgan fingerprint density at radius 1 is 1.16 bits per heavy atom.